The van der Waals surface area contributed by atoms with Gasteiger partial charge in [0.2, 0.25) is 0 Å². The van der Waals surface area contributed by atoms with Crippen molar-refractivity contribution < 1.29 is 9.53 Å². The molecule has 2 unspecified atom stereocenters. The van der Waals surface area contributed by atoms with Crippen LogP contribution in [-0.2, 0) is 9.53 Å². The standard InChI is InChI=1S/C13H16ClNO2/c1-8(2)17-12(16)13(15)7-10(13)9-5-3-4-6-11(9)14/h3-6,8,10H,7,15H2,1-2H3. The molecular weight excluding hydrogens is 238 g/mol. The Labute approximate surface area is 106 Å². The summed E-state index contributed by atoms with van der Waals surface area (Å²) in [6.07, 6.45) is 0.456. The van der Waals surface area contributed by atoms with Crippen molar-refractivity contribution in [2.75, 3.05) is 0 Å². The molecule has 2 N–H and O–H groups in total. The molecule has 0 radical (unpaired) electrons. The Kier molecular flexibility index (Phi) is 3.15. The number of nitrogens with two attached hydrogens (primary N) is 1. The number of carbonyl (C=O) groups is 1. The molecule has 2 rings (SSSR count). The lowest BCUT2D eigenvalue weighted by atomic mass is 10.1. The quantitative estimate of drug-likeness (QED) is 0.842. The first-order chi connectivity index (χ1) is 7.95. The molecule has 3 nitrogen and oxygen atoms in total. The van der Waals surface area contributed by atoms with Crippen LogP contribution < -0.4 is 5.73 Å². The smallest absolute Gasteiger partial charge is 0.327 e. The van der Waals surface area contributed by atoms with Gasteiger partial charge in [-0.1, -0.05) is 29.8 Å². The van der Waals surface area contributed by atoms with Gasteiger partial charge in [0.15, 0.2) is 0 Å². The first-order valence-electron chi connectivity index (χ1n) is 5.69. The van der Waals surface area contributed by atoms with Gasteiger partial charge in [0.1, 0.15) is 5.54 Å². The van der Waals surface area contributed by atoms with Gasteiger partial charge in [-0.3, -0.25) is 4.79 Å². The van der Waals surface area contributed by atoms with Gasteiger partial charge >= 0.3 is 5.97 Å². The molecule has 1 saturated carbocycles. The van der Waals surface area contributed by atoms with Gasteiger partial charge in [-0.25, -0.2) is 0 Å². The number of halogens is 1. The minimum absolute atomic E-state index is 0.0255. The molecule has 1 fully saturated rings. The van der Waals surface area contributed by atoms with Gasteiger partial charge in [0, 0.05) is 10.9 Å². The molecule has 17 heavy (non-hydrogen) atoms. The number of rotatable bonds is 3. The monoisotopic (exact) mass is 253 g/mol. The molecular formula is C13H16ClNO2. The molecule has 0 spiro atoms. The number of hydrogen-bond donors (Lipinski definition) is 1. The molecule has 1 aliphatic carbocycles. The van der Waals surface area contributed by atoms with E-state index >= 15 is 0 Å². The van der Waals surface area contributed by atoms with Crippen LogP contribution in [0.1, 0.15) is 31.7 Å². The summed E-state index contributed by atoms with van der Waals surface area (Å²) in [4.78, 5) is 11.8. The van der Waals surface area contributed by atoms with Crippen molar-refractivity contribution >= 4 is 17.6 Å². The average Bonchev–Trinajstić information content (AvgIpc) is 2.92. The van der Waals surface area contributed by atoms with Crippen LogP contribution in [-0.4, -0.2) is 17.6 Å². The zero-order valence-electron chi connectivity index (χ0n) is 9.94. The fraction of sp³-hybridized carbons (Fsp3) is 0.462. The molecule has 4 heteroatoms. The summed E-state index contributed by atoms with van der Waals surface area (Å²) in [5.41, 5.74) is 6.08. The highest BCUT2D eigenvalue weighted by Gasteiger charge is 2.59. The average molecular weight is 254 g/mol. The SMILES string of the molecule is CC(C)OC(=O)C1(N)CC1c1ccccc1Cl. The van der Waals surface area contributed by atoms with E-state index in [2.05, 4.69) is 0 Å². The fourth-order valence-electron chi connectivity index (χ4n) is 1.97. The molecule has 1 aromatic carbocycles. The first kappa shape index (κ1) is 12.4. The maximum atomic E-state index is 11.8. The molecule has 0 amide bonds. The highest BCUT2D eigenvalue weighted by atomic mass is 35.5. The lowest BCUT2D eigenvalue weighted by molar-refractivity contribution is -0.150. The Bertz CT molecular complexity index is 447. The number of ether oxygens (including phenoxy) is 1. The summed E-state index contributed by atoms with van der Waals surface area (Å²) in [5, 5.41) is 0.655. The third-order valence-corrected chi connectivity index (χ3v) is 3.35. The number of esters is 1. The van der Waals surface area contributed by atoms with Crippen molar-refractivity contribution in [2.45, 2.75) is 37.8 Å². The van der Waals surface area contributed by atoms with Crippen LogP contribution in [0.2, 0.25) is 5.02 Å². The van der Waals surface area contributed by atoms with E-state index < -0.39 is 5.54 Å². The van der Waals surface area contributed by atoms with Crippen LogP contribution in [0.3, 0.4) is 0 Å². The summed E-state index contributed by atoms with van der Waals surface area (Å²) in [6.45, 7) is 3.63. The molecule has 0 heterocycles. The first-order valence-corrected chi connectivity index (χ1v) is 6.07. The molecule has 0 bridgehead atoms. The Morgan fingerprint density at radius 1 is 1.53 bits per heavy atom. The second-order valence-corrected chi connectivity index (χ2v) is 5.18. The maximum absolute atomic E-state index is 11.8. The van der Waals surface area contributed by atoms with Crippen molar-refractivity contribution in [1.29, 1.82) is 0 Å². The van der Waals surface area contributed by atoms with Crippen molar-refractivity contribution in [1.82, 2.24) is 0 Å². The Balaban J connectivity index is 2.14. The van der Waals surface area contributed by atoms with Crippen molar-refractivity contribution in [3.63, 3.8) is 0 Å². The van der Waals surface area contributed by atoms with E-state index in [1.807, 2.05) is 38.1 Å². The van der Waals surface area contributed by atoms with E-state index in [1.165, 1.54) is 0 Å². The van der Waals surface area contributed by atoms with Crippen molar-refractivity contribution in [2.24, 2.45) is 5.73 Å². The number of carbonyl (C=O) groups excluding carboxylic acids is 1. The topological polar surface area (TPSA) is 52.3 Å². The second-order valence-electron chi connectivity index (χ2n) is 4.77. The van der Waals surface area contributed by atoms with Crippen LogP contribution in [0.4, 0.5) is 0 Å². The zero-order chi connectivity index (χ0) is 12.6. The van der Waals surface area contributed by atoms with E-state index in [0.29, 0.717) is 11.4 Å². The number of hydrogen-bond acceptors (Lipinski definition) is 3. The highest BCUT2D eigenvalue weighted by molar-refractivity contribution is 6.31. The Hall–Kier alpha value is -1.06. The van der Waals surface area contributed by atoms with E-state index in [1.54, 1.807) is 0 Å². The predicted octanol–water partition coefficient (Wildman–Crippen LogP) is 2.48. The number of benzene rings is 1. The summed E-state index contributed by atoms with van der Waals surface area (Å²) >= 11 is 6.09. The summed E-state index contributed by atoms with van der Waals surface area (Å²) in [5.74, 6) is -0.361. The lowest BCUT2D eigenvalue weighted by Gasteiger charge is -2.14. The normalized spacial score (nSPS) is 27.0. The van der Waals surface area contributed by atoms with Crippen LogP contribution in [0.25, 0.3) is 0 Å². The third kappa shape index (κ3) is 2.31. The third-order valence-electron chi connectivity index (χ3n) is 3.01. The van der Waals surface area contributed by atoms with Crippen molar-refractivity contribution in [3.8, 4) is 0 Å². The van der Waals surface area contributed by atoms with Crippen LogP contribution in [0, 0.1) is 0 Å². The predicted molar refractivity (Wildman–Crippen MR) is 67.0 cm³/mol. The van der Waals surface area contributed by atoms with Crippen LogP contribution >= 0.6 is 11.6 Å². The largest absolute Gasteiger partial charge is 0.462 e. The Morgan fingerprint density at radius 2 is 2.18 bits per heavy atom. The van der Waals surface area contributed by atoms with Gasteiger partial charge in [-0.15, -0.1) is 0 Å². The van der Waals surface area contributed by atoms with Gasteiger partial charge in [-0.05, 0) is 31.9 Å². The fourth-order valence-corrected chi connectivity index (χ4v) is 2.24. The van der Waals surface area contributed by atoms with Gasteiger partial charge < -0.3 is 10.5 Å². The van der Waals surface area contributed by atoms with Crippen LogP contribution in [0.15, 0.2) is 24.3 Å². The highest BCUT2D eigenvalue weighted by Crippen LogP contribution is 2.52. The lowest BCUT2D eigenvalue weighted by Crippen LogP contribution is -2.38. The van der Waals surface area contributed by atoms with Crippen molar-refractivity contribution in [3.05, 3.63) is 34.9 Å². The Morgan fingerprint density at radius 3 is 2.76 bits per heavy atom. The molecule has 0 saturated heterocycles. The molecule has 1 aromatic rings. The van der Waals surface area contributed by atoms with Gasteiger partial charge in [-0.2, -0.15) is 0 Å². The van der Waals surface area contributed by atoms with E-state index in [9.17, 15) is 4.79 Å². The van der Waals surface area contributed by atoms with Crippen LogP contribution in [0.5, 0.6) is 0 Å². The summed E-state index contributed by atoms with van der Waals surface area (Å²) in [6, 6.07) is 7.47. The minimum atomic E-state index is -0.894. The summed E-state index contributed by atoms with van der Waals surface area (Å²) < 4.78 is 5.16. The maximum Gasteiger partial charge on any atom is 0.327 e. The van der Waals surface area contributed by atoms with Gasteiger partial charge in [0.05, 0.1) is 6.10 Å². The summed E-state index contributed by atoms with van der Waals surface area (Å²) in [7, 11) is 0. The van der Waals surface area contributed by atoms with E-state index in [0.717, 1.165) is 5.56 Å². The second kappa shape index (κ2) is 4.31. The molecule has 0 aliphatic heterocycles. The molecule has 2 atom stereocenters. The minimum Gasteiger partial charge on any atom is -0.462 e. The van der Waals surface area contributed by atoms with Gasteiger partial charge in [0.25, 0.3) is 0 Å². The zero-order valence-corrected chi connectivity index (χ0v) is 10.7. The molecule has 0 aromatic heterocycles. The molecule has 1 aliphatic rings. The van der Waals surface area contributed by atoms with E-state index in [4.69, 9.17) is 22.1 Å². The molecule has 92 valence electrons. The van der Waals surface area contributed by atoms with E-state index in [-0.39, 0.29) is 18.0 Å².